The maximum Gasteiger partial charge on any atom is 0.218 e. The van der Waals surface area contributed by atoms with Crippen LogP contribution in [0.4, 0.5) is 0 Å². The Morgan fingerprint density at radius 2 is 2.25 bits per heavy atom. The van der Waals surface area contributed by atoms with E-state index < -0.39 is 0 Å². The Balaban J connectivity index is 3.37. The highest BCUT2D eigenvalue weighted by Gasteiger charge is 2.10. The third kappa shape index (κ3) is 2.92. The molecule has 0 amide bonds. The van der Waals surface area contributed by atoms with Crippen LogP contribution in [0.15, 0.2) is 0 Å². The molecule has 0 saturated heterocycles. The largest absolute Gasteiger partial charge is 0.332 e. The van der Waals surface area contributed by atoms with Gasteiger partial charge in [-0.1, -0.05) is 0 Å². The van der Waals surface area contributed by atoms with Crippen LogP contribution < -0.4 is 11.3 Å². The molecule has 4 heteroatoms. The van der Waals surface area contributed by atoms with E-state index in [1.165, 1.54) is 0 Å². The SMILES string of the molecule is CN[N+](C)(N)COC. The smallest absolute Gasteiger partial charge is 0.218 e. The van der Waals surface area contributed by atoms with Crippen molar-refractivity contribution in [3.05, 3.63) is 0 Å². The number of methoxy groups -OCH3 is 1. The molecule has 0 spiro atoms. The third-order valence-electron chi connectivity index (χ3n) is 0.908. The van der Waals surface area contributed by atoms with E-state index in [1.807, 2.05) is 7.05 Å². The lowest BCUT2D eigenvalue weighted by molar-refractivity contribution is -0.977. The molecule has 3 N–H and O–H groups in total. The number of hydrogen-bond donors (Lipinski definition) is 2. The van der Waals surface area contributed by atoms with Gasteiger partial charge in [-0.05, 0) is 0 Å². The lowest BCUT2D eigenvalue weighted by Gasteiger charge is -2.23. The minimum absolute atomic E-state index is 0.191. The van der Waals surface area contributed by atoms with E-state index in [0.717, 1.165) is 0 Å². The molecular weight excluding hydrogens is 106 g/mol. The van der Waals surface area contributed by atoms with Crippen LogP contribution in [0.5, 0.6) is 0 Å². The van der Waals surface area contributed by atoms with Crippen molar-refractivity contribution in [2.24, 2.45) is 5.84 Å². The maximum atomic E-state index is 5.53. The van der Waals surface area contributed by atoms with Crippen LogP contribution >= 0.6 is 0 Å². The van der Waals surface area contributed by atoms with Crippen LogP contribution in [0.25, 0.3) is 0 Å². The molecule has 0 rings (SSSR count). The molecule has 4 nitrogen and oxygen atoms in total. The van der Waals surface area contributed by atoms with Crippen molar-refractivity contribution in [1.29, 1.82) is 0 Å². The Labute approximate surface area is 49.7 Å². The summed E-state index contributed by atoms with van der Waals surface area (Å²) < 4.78 is 4.97. The predicted molar refractivity (Wildman–Crippen MR) is 31.3 cm³/mol. The standard InChI is InChI=1S/C4H14N3O/c1-6-7(2,5)4-8-3/h6H,4-5H2,1-3H3/q+1. The Hall–Kier alpha value is -0.160. The minimum atomic E-state index is 0.191. The number of rotatable bonds is 3. The van der Waals surface area contributed by atoms with E-state index >= 15 is 0 Å². The Kier molecular flexibility index (Phi) is 2.93. The highest BCUT2D eigenvalue weighted by molar-refractivity contribution is 3.99. The Morgan fingerprint density at radius 3 is 2.38 bits per heavy atom. The van der Waals surface area contributed by atoms with E-state index in [-0.39, 0.29) is 4.70 Å². The van der Waals surface area contributed by atoms with Gasteiger partial charge >= 0.3 is 0 Å². The monoisotopic (exact) mass is 120 g/mol. The van der Waals surface area contributed by atoms with E-state index in [1.54, 1.807) is 14.2 Å². The Bertz CT molecular complexity index is 64.3. The van der Waals surface area contributed by atoms with Gasteiger partial charge in [0.2, 0.25) is 6.73 Å². The van der Waals surface area contributed by atoms with Gasteiger partial charge in [0.25, 0.3) is 0 Å². The van der Waals surface area contributed by atoms with Gasteiger partial charge < -0.3 is 4.74 Å². The summed E-state index contributed by atoms with van der Waals surface area (Å²) in [5, 5.41) is 0. The molecule has 0 aromatic rings. The summed E-state index contributed by atoms with van der Waals surface area (Å²) in [5.74, 6) is 5.53. The first-order chi connectivity index (χ1) is 3.62. The van der Waals surface area contributed by atoms with Crippen LogP contribution in [0, 0.1) is 0 Å². The van der Waals surface area contributed by atoms with Crippen molar-refractivity contribution < 1.29 is 9.44 Å². The van der Waals surface area contributed by atoms with Gasteiger partial charge in [-0.25, -0.2) is 0 Å². The molecule has 0 aromatic heterocycles. The number of quaternary nitrogens is 1. The molecular formula is C4H14N3O+. The Morgan fingerprint density at radius 1 is 1.75 bits per heavy atom. The van der Waals surface area contributed by atoms with Crippen molar-refractivity contribution in [3.63, 3.8) is 0 Å². The first-order valence-corrected chi connectivity index (χ1v) is 2.44. The number of nitrogens with two attached hydrogens (primary N) is 1. The highest BCUT2D eigenvalue weighted by atomic mass is 16.5. The fourth-order valence-corrected chi connectivity index (χ4v) is 0.333. The summed E-state index contributed by atoms with van der Waals surface area (Å²) in [4.78, 5) is 0. The van der Waals surface area contributed by atoms with Crippen LogP contribution in [0.2, 0.25) is 0 Å². The van der Waals surface area contributed by atoms with Gasteiger partial charge in [-0.3, -0.25) is 0 Å². The molecule has 0 radical (unpaired) electrons. The first-order valence-electron chi connectivity index (χ1n) is 2.44. The van der Waals surface area contributed by atoms with Crippen molar-refractivity contribution in [1.82, 2.24) is 5.43 Å². The van der Waals surface area contributed by atoms with Crippen LogP contribution in [0.3, 0.4) is 0 Å². The zero-order valence-electron chi connectivity index (χ0n) is 5.64. The molecule has 0 aromatic carbocycles. The van der Waals surface area contributed by atoms with Gasteiger partial charge in [-0.2, -0.15) is 10.5 Å². The molecule has 0 fully saturated rings. The van der Waals surface area contributed by atoms with Crippen molar-refractivity contribution in [2.75, 3.05) is 27.9 Å². The molecule has 0 aliphatic heterocycles. The molecule has 0 aliphatic carbocycles. The van der Waals surface area contributed by atoms with Gasteiger partial charge in [0, 0.05) is 14.2 Å². The van der Waals surface area contributed by atoms with Crippen molar-refractivity contribution >= 4 is 0 Å². The second-order valence-electron chi connectivity index (χ2n) is 1.91. The molecule has 0 bridgehead atoms. The molecule has 50 valence electrons. The zero-order chi connectivity index (χ0) is 6.62. The van der Waals surface area contributed by atoms with Crippen LogP contribution in [-0.4, -0.2) is 32.6 Å². The van der Waals surface area contributed by atoms with E-state index in [2.05, 4.69) is 5.43 Å². The molecule has 1 atom stereocenters. The topological polar surface area (TPSA) is 47.3 Å². The number of hydrogen-bond acceptors (Lipinski definition) is 3. The number of ether oxygens (including phenoxy) is 1. The molecule has 8 heavy (non-hydrogen) atoms. The first kappa shape index (κ1) is 7.84. The van der Waals surface area contributed by atoms with E-state index in [4.69, 9.17) is 10.6 Å². The third-order valence-corrected chi connectivity index (χ3v) is 0.908. The average molecular weight is 120 g/mol. The quantitative estimate of drug-likeness (QED) is 0.218. The minimum Gasteiger partial charge on any atom is -0.332 e. The van der Waals surface area contributed by atoms with E-state index in [9.17, 15) is 0 Å². The number of nitrogens with zero attached hydrogens (tertiary/aromatic N) is 1. The fraction of sp³-hybridized carbons (Fsp3) is 1.00. The normalized spacial score (nSPS) is 18.0. The van der Waals surface area contributed by atoms with Crippen LogP contribution in [-0.2, 0) is 4.74 Å². The maximum absolute atomic E-state index is 5.53. The highest BCUT2D eigenvalue weighted by Crippen LogP contribution is 1.80. The van der Waals surface area contributed by atoms with Gasteiger partial charge in [-0.15, -0.1) is 5.43 Å². The second-order valence-corrected chi connectivity index (χ2v) is 1.91. The summed E-state index contributed by atoms with van der Waals surface area (Å²) in [6, 6.07) is 0. The molecule has 0 saturated carbocycles. The van der Waals surface area contributed by atoms with E-state index in [0.29, 0.717) is 6.73 Å². The summed E-state index contributed by atoms with van der Waals surface area (Å²) >= 11 is 0. The number of nitrogens with one attached hydrogen (secondary N) is 1. The average Bonchev–Trinajstić information content (AvgIpc) is 1.67. The summed E-state index contributed by atoms with van der Waals surface area (Å²) in [6.07, 6.45) is 0. The summed E-state index contributed by atoms with van der Waals surface area (Å²) in [6.45, 7) is 0.469. The van der Waals surface area contributed by atoms with Gasteiger partial charge in [0.1, 0.15) is 7.05 Å². The zero-order valence-corrected chi connectivity index (χ0v) is 5.64. The molecule has 0 heterocycles. The molecule has 1 unspecified atom stereocenters. The van der Waals surface area contributed by atoms with Gasteiger partial charge in [0.15, 0.2) is 0 Å². The lowest BCUT2D eigenvalue weighted by Crippen LogP contribution is -2.59. The molecule has 0 aliphatic rings. The second kappa shape index (κ2) is 2.99. The van der Waals surface area contributed by atoms with Crippen molar-refractivity contribution in [3.8, 4) is 0 Å². The fourth-order valence-electron chi connectivity index (χ4n) is 0.333. The van der Waals surface area contributed by atoms with Gasteiger partial charge in [0.05, 0.1) is 0 Å². The lowest BCUT2D eigenvalue weighted by atomic mass is 11.0. The van der Waals surface area contributed by atoms with Crippen molar-refractivity contribution in [2.45, 2.75) is 0 Å². The summed E-state index contributed by atoms with van der Waals surface area (Å²) in [5.41, 5.74) is 2.83. The van der Waals surface area contributed by atoms with Crippen LogP contribution in [0.1, 0.15) is 0 Å². The summed E-state index contributed by atoms with van der Waals surface area (Å²) in [7, 11) is 5.20. The predicted octanol–water partition coefficient (Wildman–Crippen LogP) is -0.955.